The van der Waals surface area contributed by atoms with Crippen LogP contribution in [0.4, 0.5) is 11.4 Å². The van der Waals surface area contributed by atoms with Crippen LogP contribution in [0.1, 0.15) is 63.8 Å². The van der Waals surface area contributed by atoms with E-state index in [2.05, 4.69) is 87.9 Å². The van der Waals surface area contributed by atoms with Crippen molar-refractivity contribution in [2.24, 2.45) is 9.98 Å². The molecule has 0 aliphatic rings. The van der Waals surface area contributed by atoms with Crippen LogP contribution in [0.2, 0.25) is 0 Å². The van der Waals surface area contributed by atoms with E-state index in [9.17, 15) is 10.2 Å². The van der Waals surface area contributed by atoms with Gasteiger partial charge in [-0.2, -0.15) is 0 Å². The topological polar surface area (TPSA) is 65.2 Å². The van der Waals surface area contributed by atoms with Crippen molar-refractivity contribution in [3.8, 4) is 33.8 Å². The summed E-state index contributed by atoms with van der Waals surface area (Å²) >= 11 is 0. The van der Waals surface area contributed by atoms with Gasteiger partial charge in [0.15, 0.2) is 0 Å². The van der Waals surface area contributed by atoms with Gasteiger partial charge in [0.25, 0.3) is 0 Å². The van der Waals surface area contributed by atoms with Crippen LogP contribution in [0, 0.1) is 0 Å². The van der Waals surface area contributed by atoms with Crippen LogP contribution in [0.15, 0.2) is 119 Å². The van der Waals surface area contributed by atoms with Crippen molar-refractivity contribution in [2.75, 3.05) is 0 Å². The number of hydrogen-bond donors (Lipinski definition) is 2. The van der Waals surface area contributed by atoms with Gasteiger partial charge >= 0.3 is 0 Å². The Balaban J connectivity index is 1.42. The smallest absolute Gasteiger partial charge is 0.128 e. The van der Waals surface area contributed by atoms with E-state index in [0.717, 1.165) is 44.8 Å². The second-order valence-corrected chi connectivity index (χ2v) is 13.2. The minimum Gasteiger partial charge on any atom is -0.507 e. The quantitative estimate of drug-likeness (QED) is 0.196. The molecule has 0 aromatic heterocycles. The van der Waals surface area contributed by atoms with Gasteiger partial charge in [-0.05, 0) is 81.6 Å². The maximum Gasteiger partial charge on any atom is 0.128 e. The van der Waals surface area contributed by atoms with E-state index in [0.29, 0.717) is 11.1 Å². The SMILES string of the molecule is CC(C)(C)c1cc(-c2ccccc2)cc(C=Nc2ccc(N=Cc3cc(-c4ccccc4)cc(C(C)(C)C)c3O)cc2)c1O. The molecule has 5 rings (SSSR count). The molecule has 222 valence electrons. The molecular formula is C40H40N2O2. The minimum atomic E-state index is -0.236. The summed E-state index contributed by atoms with van der Waals surface area (Å²) in [6, 6.07) is 36.0. The fraction of sp³-hybridized carbons (Fsp3) is 0.200. The number of nitrogens with zero attached hydrogens (tertiary/aromatic N) is 2. The van der Waals surface area contributed by atoms with Crippen molar-refractivity contribution < 1.29 is 10.2 Å². The molecule has 0 aliphatic carbocycles. The van der Waals surface area contributed by atoms with E-state index in [4.69, 9.17) is 0 Å². The van der Waals surface area contributed by atoms with Gasteiger partial charge in [-0.1, -0.05) is 102 Å². The third-order valence-corrected chi connectivity index (χ3v) is 7.66. The molecule has 0 heterocycles. The molecule has 0 fully saturated rings. The predicted molar refractivity (Wildman–Crippen MR) is 185 cm³/mol. The van der Waals surface area contributed by atoms with E-state index in [1.807, 2.05) is 72.8 Å². The Labute approximate surface area is 261 Å². The standard InChI is InChI=1S/C40H40N2O2/c1-39(2,3)35-23-29(27-13-9-7-10-14-27)21-31(37(35)43)25-41-33-17-19-34(20-18-33)42-26-32-22-30(28-15-11-8-12-16-28)24-36(38(32)44)40(4,5)6/h7-26,43-44H,1-6H3. The molecule has 0 radical (unpaired) electrons. The van der Waals surface area contributed by atoms with Gasteiger partial charge in [0.05, 0.1) is 11.4 Å². The Kier molecular flexibility index (Phi) is 8.55. The fourth-order valence-corrected chi connectivity index (χ4v) is 5.16. The molecule has 5 aromatic rings. The summed E-state index contributed by atoms with van der Waals surface area (Å²) in [5, 5.41) is 22.3. The van der Waals surface area contributed by atoms with Crippen molar-refractivity contribution in [2.45, 2.75) is 52.4 Å². The summed E-state index contributed by atoms with van der Waals surface area (Å²) in [6.07, 6.45) is 3.44. The third-order valence-electron chi connectivity index (χ3n) is 7.66. The van der Waals surface area contributed by atoms with Crippen molar-refractivity contribution in [1.29, 1.82) is 0 Å². The van der Waals surface area contributed by atoms with E-state index >= 15 is 0 Å². The Bertz CT molecular complexity index is 1670. The average Bonchev–Trinajstić information content (AvgIpc) is 3.00. The number of aliphatic imine (C=N–C) groups is 2. The van der Waals surface area contributed by atoms with Crippen molar-refractivity contribution >= 4 is 23.8 Å². The molecule has 0 atom stereocenters. The summed E-state index contributed by atoms with van der Waals surface area (Å²) < 4.78 is 0. The number of phenols is 2. The highest BCUT2D eigenvalue weighted by Gasteiger charge is 2.22. The summed E-state index contributed by atoms with van der Waals surface area (Å²) in [4.78, 5) is 9.35. The molecule has 0 saturated heterocycles. The maximum atomic E-state index is 11.1. The molecule has 0 saturated carbocycles. The van der Waals surface area contributed by atoms with Gasteiger partial charge in [0, 0.05) is 34.7 Å². The van der Waals surface area contributed by atoms with Crippen molar-refractivity contribution in [3.63, 3.8) is 0 Å². The molecule has 0 amide bonds. The zero-order valence-corrected chi connectivity index (χ0v) is 26.3. The van der Waals surface area contributed by atoms with Crippen LogP contribution >= 0.6 is 0 Å². The highest BCUT2D eigenvalue weighted by Crippen LogP contribution is 2.38. The second-order valence-electron chi connectivity index (χ2n) is 13.2. The lowest BCUT2D eigenvalue weighted by molar-refractivity contribution is 0.445. The van der Waals surface area contributed by atoms with Crippen LogP contribution in [0.3, 0.4) is 0 Å². The largest absolute Gasteiger partial charge is 0.507 e. The Morgan fingerprint density at radius 1 is 0.455 bits per heavy atom. The number of benzene rings is 5. The lowest BCUT2D eigenvalue weighted by Gasteiger charge is -2.23. The highest BCUT2D eigenvalue weighted by atomic mass is 16.3. The first-order valence-corrected chi connectivity index (χ1v) is 14.9. The number of hydrogen-bond acceptors (Lipinski definition) is 4. The Morgan fingerprint density at radius 2 is 0.795 bits per heavy atom. The van der Waals surface area contributed by atoms with Crippen LogP contribution < -0.4 is 0 Å². The molecule has 44 heavy (non-hydrogen) atoms. The molecule has 2 N–H and O–H groups in total. The van der Waals surface area contributed by atoms with E-state index in [1.54, 1.807) is 12.4 Å². The maximum absolute atomic E-state index is 11.1. The molecule has 0 unspecified atom stereocenters. The lowest BCUT2D eigenvalue weighted by Crippen LogP contribution is -2.12. The zero-order valence-electron chi connectivity index (χ0n) is 26.3. The van der Waals surface area contributed by atoms with Crippen LogP contribution in [-0.4, -0.2) is 22.6 Å². The summed E-state index contributed by atoms with van der Waals surface area (Å²) in [7, 11) is 0. The fourth-order valence-electron chi connectivity index (χ4n) is 5.16. The third kappa shape index (κ3) is 6.98. The molecule has 0 aliphatic heterocycles. The van der Waals surface area contributed by atoms with Gasteiger partial charge < -0.3 is 10.2 Å². The normalized spacial score (nSPS) is 12.3. The molecule has 4 nitrogen and oxygen atoms in total. The van der Waals surface area contributed by atoms with E-state index < -0.39 is 0 Å². The highest BCUT2D eigenvalue weighted by molar-refractivity contribution is 5.90. The van der Waals surface area contributed by atoms with Crippen LogP contribution in [-0.2, 0) is 10.8 Å². The number of phenolic OH excluding ortho intramolecular Hbond substituents is 2. The first-order chi connectivity index (χ1) is 20.9. The Morgan fingerprint density at radius 3 is 1.11 bits per heavy atom. The summed E-state index contributed by atoms with van der Waals surface area (Å²) in [6.45, 7) is 12.6. The van der Waals surface area contributed by atoms with Crippen LogP contribution in [0.25, 0.3) is 22.3 Å². The van der Waals surface area contributed by atoms with Crippen molar-refractivity contribution in [3.05, 3.63) is 131 Å². The zero-order chi connectivity index (χ0) is 31.5. The van der Waals surface area contributed by atoms with E-state index in [-0.39, 0.29) is 22.3 Å². The van der Waals surface area contributed by atoms with Crippen molar-refractivity contribution in [1.82, 2.24) is 0 Å². The average molecular weight is 581 g/mol. The summed E-state index contributed by atoms with van der Waals surface area (Å²) in [5.74, 6) is 0.489. The lowest BCUT2D eigenvalue weighted by atomic mass is 9.83. The van der Waals surface area contributed by atoms with Gasteiger partial charge in [-0.3, -0.25) is 9.98 Å². The van der Waals surface area contributed by atoms with Gasteiger partial charge in [-0.15, -0.1) is 0 Å². The van der Waals surface area contributed by atoms with Crippen LogP contribution in [0.5, 0.6) is 11.5 Å². The van der Waals surface area contributed by atoms with E-state index in [1.165, 1.54) is 0 Å². The summed E-state index contributed by atoms with van der Waals surface area (Å²) in [5.41, 5.74) is 8.35. The molecule has 0 bridgehead atoms. The molecule has 4 heteroatoms. The number of aromatic hydroxyl groups is 2. The molecule has 5 aromatic carbocycles. The molecule has 0 spiro atoms. The number of rotatable bonds is 6. The monoisotopic (exact) mass is 580 g/mol. The van der Waals surface area contributed by atoms with Gasteiger partial charge in [0.1, 0.15) is 11.5 Å². The van der Waals surface area contributed by atoms with Gasteiger partial charge in [0.2, 0.25) is 0 Å². The second kappa shape index (κ2) is 12.3. The minimum absolute atomic E-state index is 0.236. The molecular weight excluding hydrogens is 540 g/mol. The predicted octanol–water partition coefficient (Wildman–Crippen LogP) is 10.5. The van der Waals surface area contributed by atoms with Gasteiger partial charge in [-0.25, -0.2) is 0 Å². The first kappa shape index (κ1) is 30.5. The Hall–Kier alpha value is -4.96. The first-order valence-electron chi connectivity index (χ1n) is 14.9.